The Morgan fingerprint density at radius 1 is 1.19 bits per heavy atom. The minimum Gasteiger partial charge on any atom is -0.379 e. The molecule has 1 N–H and O–H groups in total. The maximum absolute atomic E-state index is 5.61. The molecule has 0 aromatic heterocycles. The van der Waals surface area contributed by atoms with Crippen LogP contribution in [0.1, 0.15) is 45.2 Å². The molecule has 1 fully saturated rings. The molecule has 0 unspecified atom stereocenters. The van der Waals surface area contributed by atoms with Crippen molar-refractivity contribution in [3.8, 4) is 0 Å². The molecule has 0 radical (unpaired) electrons. The molecule has 0 bridgehead atoms. The molecule has 5 heteroatoms. The zero-order valence-corrected chi connectivity index (χ0v) is 17.7. The van der Waals surface area contributed by atoms with Crippen LogP contribution in [0.25, 0.3) is 0 Å². The number of hydrogen-bond acceptors (Lipinski definition) is 3. The van der Waals surface area contributed by atoms with Gasteiger partial charge in [0.15, 0.2) is 5.11 Å². The average molecular weight is 378 g/mol. The summed E-state index contributed by atoms with van der Waals surface area (Å²) in [5.41, 5.74) is 2.87. The highest BCUT2D eigenvalue weighted by Crippen LogP contribution is 2.22. The van der Waals surface area contributed by atoms with Crippen LogP contribution in [0, 0.1) is 0 Å². The summed E-state index contributed by atoms with van der Waals surface area (Å²) in [6, 6.07) is 8.98. The monoisotopic (exact) mass is 377 g/mol. The Balaban J connectivity index is 1.92. The molecule has 0 saturated carbocycles. The van der Waals surface area contributed by atoms with E-state index in [0.29, 0.717) is 0 Å². The highest BCUT2D eigenvalue weighted by Gasteiger charge is 2.15. The largest absolute Gasteiger partial charge is 0.379 e. The van der Waals surface area contributed by atoms with E-state index in [1.54, 1.807) is 0 Å². The second-order valence-electron chi connectivity index (χ2n) is 8.01. The van der Waals surface area contributed by atoms with Gasteiger partial charge in [-0.15, -0.1) is 0 Å². The lowest BCUT2D eigenvalue weighted by atomic mass is 9.87. The Hall–Kier alpha value is -1.17. The number of thiocarbonyl (C=S) groups is 1. The summed E-state index contributed by atoms with van der Waals surface area (Å²) in [6.07, 6.45) is 1.12. The van der Waals surface area contributed by atoms with Crippen LogP contribution >= 0.6 is 12.2 Å². The van der Waals surface area contributed by atoms with E-state index in [0.717, 1.165) is 64.0 Å². The lowest BCUT2D eigenvalue weighted by Crippen LogP contribution is -2.42. The van der Waals surface area contributed by atoms with Crippen LogP contribution in [0.2, 0.25) is 0 Å². The van der Waals surface area contributed by atoms with Crippen LogP contribution in [-0.2, 0) is 16.7 Å². The van der Waals surface area contributed by atoms with Crippen LogP contribution in [0.15, 0.2) is 24.3 Å². The van der Waals surface area contributed by atoms with Gasteiger partial charge in [0.25, 0.3) is 0 Å². The summed E-state index contributed by atoms with van der Waals surface area (Å²) in [7, 11) is 0. The van der Waals surface area contributed by atoms with Crippen molar-refractivity contribution in [2.75, 3.05) is 45.9 Å². The van der Waals surface area contributed by atoms with Gasteiger partial charge in [0, 0.05) is 39.3 Å². The molecule has 0 atom stereocenters. The topological polar surface area (TPSA) is 27.7 Å². The molecule has 1 aliphatic rings. The number of ether oxygens (including phenoxy) is 1. The second-order valence-corrected chi connectivity index (χ2v) is 8.40. The molecule has 146 valence electrons. The van der Waals surface area contributed by atoms with Gasteiger partial charge < -0.3 is 15.0 Å². The molecule has 26 heavy (non-hydrogen) atoms. The predicted molar refractivity (Wildman–Crippen MR) is 114 cm³/mol. The van der Waals surface area contributed by atoms with Gasteiger partial charge in [0.1, 0.15) is 0 Å². The standard InChI is InChI=1S/C21H35N3OS/c1-5-22-20(26)24(12-6-11-23-13-15-25-16-14-23)17-18-7-9-19(10-8-18)21(2,3)4/h7-10H,5-6,11-17H2,1-4H3,(H,22,26). The van der Waals surface area contributed by atoms with Crippen molar-refractivity contribution in [3.63, 3.8) is 0 Å². The van der Waals surface area contributed by atoms with Gasteiger partial charge in [0.2, 0.25) is 0 Å². The molecule has 0 spiro atoms. The number of benzene rings is 1. The van der Waals surface area contributed by atoms with Gasteiger partial charge in [-0.2, -0.15) is 0 Å². The van der Waals surface area contributed by atoms with Crippen LogP contribution in [0.5, 0.6) is 0 Å². The van der Waals surface area contributed by atoms with E-state index >= 15 is 0 Å². The molecule has 0 aliphatic carbocycles. The van der Waals surface area contributed by atoms with Crippen LogP contribution in [0.4, 0.5) is 0 Å². The number of morpholine rings is 1. The molecule has 1 aromatic carbocycles. The van der Waals surface area contributed by atoms with Crippen molar-refractivity contribution < 1.29 is 4.74 Å². The van der Waals surface area contributed by atoms with Crippen molar-refractivity contribution >= 4 is 17.3 Å². The van der Waals surface area contributed by atoms with Crippen LogP contribution in [-0.4, -0.2) is 60.8 Å². The zero-order valence-electron chi connectivity index (χ0n) is 16.9. The number of nitrogens with zero attached hydrogens (tertiary/aromatic N) is 2. The van der Waals surface area contributed by atoms with Gasteiger partial charge in [-0.3, -0.25) is 4.90 Å². The van der Waals surface area contributed by atoms with E-state index in [1.165, 1.54) is 11.1 Å². The third-order valence-corrected chi connectivity index (χ3v) is 5.22. The summed E-state index contributed by atoms with van der Waals surface area (Å²) in [5, 5.41) is 4.17. The Morgan fingerprint density at radius 3 is 2.42 bits per heavy atom. The van der Waals surface area contributed by atoms with E-state index in [2.05, 4.69) is 67.1 Å². The van der Waals surface area contributed by atoms with Crippen molar-refractivity contribution in [1.29, 1.82) is 0 Å². The van der Waals surface area contributed by atoms with Gasteiger partial charge in [0.05, 0.1) is 13.2 Å². The molecule has 1 aliphatic heterocycles. The molecule has 2 rings (SSSR count). The Labute approximate surface area is 164 Å². The first-order valence-corrected chi connectivity index (χ1v) is 10.2. The predicted octanol–water partition coefficient (Wildman–Crippen LogP) is 3.40. The van der Waals surface area contributed by atoms with Crippen molar-refractivity contribution in [2.24, 2.45) is 0 Å². The maximum Gasteiger partial charge on any atom is 0.169 e. The first kappa shape index (κ1) is 21.1. The summed E-state index contributed by atoms with van der Waals surface area (Å²) in [4.78, 5) is 4.78. The summed E-state index contributed by atoms with van der Waals surface area (Å²) in [6.45, 7) is 16.5. The van der Waals surface area contributed by atoms with E-state index in [9.17, 15) is 0 Å². The van der Waals surface area contributed by atoms with Gasteiger partial charge in [-0.25, -0.2) is 0 Å². The second kappa shape index (κ2) is 10.2. The van der Waals surface area contributed by atoms with E-state index in [1.807, 2.05) is 0 Å². The van der Waals surface area contributed by atoms with Crippen LogP contribution < -0.4 is 5.32 Å². The Kier molecular flexibility index (Phi) is 8.32. The average Bonchev–Trinajstić information content (AvgIpc) is 2.61. The van der Waals surface area contributed by atoms with E-state index in [4.69, 9.17) is 17.0 Å². The molecule has 1 saturated heterocycles. The Morgan fingerprint density at radius 2 is 1.85 bits per heavy atom. The van der Waals surface area contributed by atoms with Gasteiger partial charge in [-0.05, 0) is 42.1 Å². The van der Waals surface area contributed by atoms with Gasteiger partial charge >= 0.3 is 0 Å². The smallest absolute Gasteiger partial charge is 0.169 e. The number of hydrogen-bond donors (Lipinski definition) is 1. The summed E-state index contributed by atoms with van der Waals surface area (Å²) >= 11 is 5.61. The van der Waals surface area contributed by atoms with E-state index in [-0.39, 0.29) is 5.41 Å². The van der Waals surface area contributed by atoms with Crippen molar-refractivity contribution in [2.45, 2.75) is 46.1 Å². The fraction of sp³-hybridized carbons (Fsp3) is 0.667. The SMILES string of the molecule is CCNC(=S)N(CCCN1CCOCC1)Cc1ccc(C(C)(C)C)cc1. The van der Waals surface area contributed by atoms with Crippen molar-refractivity contribution in [3.05, 3.63) is 35.4 Å². The number of nitrogens with one attached hydrogen (secondary N) is 1. The Bertz CT molecular complexity index is 547. The normalized spacial score (nSPS) is 15.7. The third kappa shape index (κ3) is 6.86. The van der Waals surface area contributed by atoms with Crippen molar-refractivity contribution in [1.82, 2.24) is 15.1 Å². The highest BCUT2D eigenvalue weighted by atomic mass is 32.1. The summed E-state index contributed by atoms with van der Waals surface area (Å²) in [5.74, 6) is 0. The molecular weight excluding hydrogens is 342 g/mol. The molecule has 1 aromatic rings. The van der Waals surface area contributed by atoms with Crippen LogP contribution in [0.3, 0.4) is 0 Å². The van der Waals surface area contributed by atoms with Gasteiger partial charge in [-0.1, -0.05) is 45.0 Å². The summed E-state index contributed by atoms with van der Waals surface area (Å²) < 4.78 is 5.43. The fourth-order valence-electron chi connectivity index (χ4n) is 3.16. The third-order valence-electron chi connectivity index (χ3n) is 4.81. The molecule has 4 nitrogen and oxygen atoms in total. The quantitative estimate of drug-likeness (QED) is 0.735. The lowest BCUT2D eigenvalue weighted by Gasteiger charge is -2.29. The first-order valence-electron chi connectivity index (χ1n) is 9.82. The maximum atomic E-state index is 5.61. The lowest BCUT2D eigenvalue weighted by molar-refractivity contribution is 0.0367. The van der Waals surface area contributed by atoms with E-state index < -0.39 is 0 Å². The first-order chi connectivity index (χ1) is 12.4. The zero-order chi connectivity index (χ0) is 19.0. The highest BCUT2D eigenvalue weighted by molar-refractivity contribution is 7.80. The minimum absolute atomic E-state index is 0.190. The molecular formula is C21H35N3OS. The molecule has 0 amide bonds. The fourth-order valence-corrected chi connectivity index (χ4v) is 3.46. The molecule has 1 heterocycles. The minimum atomic E-state index is 0.190. The number of rotatable bonds is 7.